The van der Waals surface area contributed by atoms with Crippen molar-refractivity contribution in [3.05, 3.63) is 47.3 Å². The van der Waals surface area contributed by atoms with E-state index in [9.17, 15) is 4.79 Å². The Morgan fingerprint density at radius 3 is 2.65 bits per heavy atom. The van der Waals surface area contributed by atoms with E-state index in [1.165, 1.54) is 5.56 Å². The number of nitrogens with zero attached hydrogens (tertiary/aromatic N) is 4. The Kier molecular flexibility index (Phi) is 4.17. The summed E-state index contributed by atoms with van der Waals surface area (Å²) in [5, 5.41) is 0. The van der Waals surface area contributed by atoms with Crippen molar-refractivity contribution in [2.75, 3.05) is 7.05 Å². The number of aryl methyl sites for hydroxylation is 3. The number of aromatic nitrogens is 3. The third kappa shape index (κ3) is 3.44. The minimum atomic E-state index is 0.0482. The fourth-order valence-corrected chi connectivity index (χ4v) is 2.17. The van der Waals surface area contributed by atoms with Gasteiger partial charge in [0.15, 0.2) is 0 Å². The Hall–Kier alpha value is -2.17. The average molecular weight is 272 g/mol. The van der Waals surface area contributed by atoms with Crippen molar-refractivity contribution >= 4 is 5.91 Å². The number of rotatable bonds is 4. The van der Waals surface area contributed by atoms with E-state index < -0.39 is 0 Å². The summed E-state index contributed by atoms with van der Waals surface area (Å²) in [6.45, 7) is 6.73. The Balaban J connectivity index is 2.02. The number of hydrogen-bond acceptors (Lipinski definition) is 3. The van der Waals surface area contributed by atoms with E-state index in [2.05, 4.69) is 9.97 Å². The molecule has 5 heteroatoms. The van der Waals surface area contributed by atoms with Gasteiger partial charge in [-0.3, -0.25) is 9.78 Å². The zero-order valence-corrected chi connectivity index (χ0v) is 12.4. The highest BCUT2D eigenvalue weighted by Gasteiger charge is 2.12. The van der Waals surface area contributed by atoms with Gasteiger partial charge in [-0.25, -0.2) is 4.98 Å². The van der Waals surface area contributed by atoms with Gasteiger partial charge < -0.3 is 9.47 Å². The fraction of sp³-hybridized carbons (Fsp3) is 0.400. The molecular formula is C15H20N4O. The van der Waals surface area contributed by atoms with Crippen LogP contribution in [0.4, 0.5) is 0 Å². The van der Waals surface area contributed by atoms with Crippen LogP contribution in [0.15, 0.2) is 24.5 Å². The third-order valence-electron chi connectivity index (χ3n) is 3.20. The van der Waals surface area contributed by atoms with Crippen molar-refractivity contribution < 1.29 is 4.79 Å². The van der Waals surface area contributed by atoms with Crippen molar-refractivity contribution in [3.8, 4) is 0 Å². The van der Waals surface area contributed by atoms with E-state index >= 15 is 0 Å². The van der Waals surface area contributed by atoms with Gasteiger partial charge in [-0.2, -0.15) is 0 Å². The van der Waals surface area contributed by atoms with Crippen LogP contribution in [0.3, 0.4) is 0 Å². The van der Waals surface area contributed by atoms with Gasteiger partial charge in [0.05, 0.1) is 12.2 Å². The van der Waals surface area contributed by atoms with Crippen LogP contribution in [0.1, 0.15) is 22.8 Å². The lowest BCUT2D eigenvalue weighted by molar-refractivity contribution is -0.131. The number of amides is 1. The summed E-state index contributed by atoms with van der Waals surface area (Å²) in [7, 11) is 1.80. The monoisotopic (exact) mass is 272 g/mol. The third-order valence-corrected chi connectivity index (χ3v) is 3.20. The number of carbonyl (C=O) groups excluding carboxylic acids is 1. The van der Waals surface area contributed by atoms with Crippen LogP contribution in [-0.2, 0) is 17.9 Å². The molecule has 0 N–H and O–H groups in total. The number of hydrogen-bond donors (Lipinski definition) is 0. The summed E-state index contributed by atoms with van der Waals surface area (Å²) in [5.41, 5.74) is 3.06. The van der Waals surface area contributed by atoms with Crippen LogP contribution in [0.2, 0.25) is 0 Å². The van der Waals surface area contributed by atoms with Crippen molar-refractivity contribution in [2.24, 2.45) is 0 Å². The fourth-order valence-electron chi connectivity index (χ4n) is 2.17. The summed E-state index contributed by atoms with van der Waals surface area (Å²) in [6.07, 6.45) is 3.52. The van der Waals surface area contributed by atoms with E-state index in [1.807, 2.05) is 43.7 Å². The molecule has 20 heavy (non-hydrogen) atoms. The minimum Gasteiger partial charge on any atom is -0.338 e. The highest BCUT2D eigenvalue weighted by molar-refractivity contribution is 5.75. The molecule has 0 aromatic carbocycles. The van der Waals surface area contributed by atoms with Gasteiger partial charge in [-0.05, 0) is 38.5 Å². The number of carbonyl (C=O) groups is 1. The second kappa shape index (κ2) is 5.86. The van der Waals surface area contributed by atoms with E-state index in [1.54, 1.807) is 18.1 Å². The first-order chi connectivity index (χ1) is 9.45. The Bertz CT molecular complexity index is 598. The molecule has 0 aliphatic rings. The van der Waals surface area contributed by atoms with E-state index in [0.29, 0.717) is 13.1 Å². The van der Waals surface area contributed by atoms with Crippen LogP contribution in [0.5, 0.6) is 0 Å². The first-order valence-corrected chi connectivity index (χ1v) is 6.61. The van der Waals surface area contributed by atoms with Crippen LogP contribution >= 0.6 is 0 Å². The van der Waals surface area contributed by atoms with Crippen molar-refractivity contribution in [2.45, 2.75) is 33.9 Å². The lowest BCUT2D eigenvalue weighted by Gasteiger charge is -2.18. The maximum absolute atomic E-state index is 12.2. The molecule has 0 aliphatic carbocycles. The molecule has 0 aliphatic heterocycles. The Labute approximate surface area is 119 Å². The molecular weight excluding hydrogens is 252 g/mol. The first kappa shape index (κ1) is 14.2. The summed E-state index contributed by atoms with van der Waals surface area (Å²) >= 11 is 0. The van der Waals surface area contributed by atoms with Crippen molar-refractivity contribution in [1.82, 2.24) is 19.4 Å². The van der Waals surface area contributed by atoms with Crippen LogP contribution in [0, 0.1) is 20.8 Å². The van der Waals surface area contributed by atoms with Gasteiger partial charge >= 0.3 is 0 Å². The quantitative estimate of drug-likeness (QED) is 0.853. The molecule has 2 aromatic heterocycles. The van der Waals surface area contributed by atoms with Gasteiger partial charge in [0, 0.05) is 25.1 Å². The molecule has 0 radical (unpaired) electrons. The molecule has 1 amide bonds. The maximum Gasteiger partial charge on any atom is 0.242 e. The predicted octanol–water partition coefficient (Wildman–Crippen LogP) is 1.86. The Morgan fingerprint density at radius 1 is 1.30 bits per heavy atom. The summed E-state index contributed by atoms with van der Waals surface area (Å²) in [6, 6.07) is 4.04. The van der Waals surface area contributed by atoms with Gasteiger partial charge in [-0.1, -0.05) is 0 Å². The molecule has 0 spiro atoms. The summed E-state index contributed by atoms with van der Waals surface area (Å²) < 4.78 is 1.84. The molecule has 0 bridgehead atoms. The zero-order chi connectivity index (χ0) is 14.7. The van der Waals surface area contributed by atoms with Crippen molar-refractivity contribution in [1.29, 1.82) is 0 Å². The molecule has 106 valence electrons. The highest BCUT2D eigenvalue weighted by atomic mass is 16.2. The van der Waals surface area contributed by atoms with E-state index in [0.717, 1.165) is 17.2 Å². The SMILES string of the molecule is Cc1cc(C)nc(CN(C)C(=O)Cn2ccnc2C)c1. The molecule has 5 nitrogen and oxygen atoms in total. The second-order valence-corrected chi connectivity index (χ2v) is 5.13. The number of pyridine rings is 1. The molecule has 0 saturated carbocycles. The summed E-state index contributed by atoms with van der Waals surface area (Å²) in [5.74, 6) is 0.892. The smallest absolute Gasteiger partial charge is 0.242 e. The van der Waals surface area contributed by atoms with Gasteiger partial charge in [0.1, 0.15) is 12.4 Å². The van der Waals surface area contributed by atoms with Gasteiger partial charge in [0.25, 0.3) is 0 Å². The maximum atomic E-state index is 12.2. The molecule has 0 fully saturated rings. The average Bonchev–Trinajstić information content (AvgIpc) is 2.73. The van der Waals surface area contributed by atoms with Crippen LogP contribution in [0.25, 0.3) is 0 Å². The van der Waals surface area contributed by atoms with Crippen molar-refractivity contribution in [3.63, 3.8) is 0 Å². The van der Waals surface area contributed by atoms with Crippen LogP contribution in [-0.4, -0.2) is 32.4 Å². The van der Waals surface area contributed by atoms with E-state index in [4.69, 9.17) is 0 Å². The molecule has 2 aromatic rings. The normalized spacial score (nSPS) is 10.6. The zero-order valence-electron chi connectivity index (χ0n) is 12.4. The predicted molar refractivity (Wildman–Crippen MR) is 77.1 cm³/mol. The topological polar surface area (TPSA) is 51.0 Å². The minimum absolute atomic E-state index is 0.0482. The lowest BCUT2D eigenvalue weighted by atomic mass is 10.2. The van der Waals surface area contributed by atoms with Gasteiger partial charge in [-0.15, -0.1) is 0 Å². The first-order valence-electron chi connectivity index (χ1n) is 6.61. The Morgan fingerprint density at radius 2 is 2.05 bits per heavy atom. The number of imidazole rings is 1. The second-order valence-electron chi connectivity index (χ2n) is 5.13. The van der Waals surface area contributed by atoms with Gasteiger partial charge in [0.2, 0.25) is 5.91 Å². The van der Waals surface area contributed by atoms with E-state index in [-0.39, 0.29) is 5.91 Å². The molecule has 0 saturated heterocycles. The largest absolute Gasteiger partial charge is 0.338 e. The lowest BCUT2D eigenvalue weighted by Crippen LogP contribution is -2.30. The summed E-state index contributed by atoms with van der Waals surface area (Å²) in [4.78, 5) is 22.5. The molecule has 2 rings (SSSR count). The molecule has 0 unspecified atom stereocenters. The molecule has 2 heterocycles. The highest BCUT2D eigenvalue weighted by Crippen LogP contribution is 2.07. The van der Waals surface area contributed by atoms with Crippen LogP contribution < -0.4 is 0 Å². The number of likely N-dealkylation sites (N-methyl/N-ethyl adjacent to an activating group) is 1. The standard InChI is InChI=1S/C15H20N4O/c1-11-7-12(2)17-14(8-11)9-18(4)15(20)10-19-6-5-16-13(19)3/h5-8H,9-10H2,1-4H3. The molecule has 0 atom stereocenters.